The van der Waals surface area contributed by atoms with Gasteiger partial charge in [0.15, 0.2) is 6.61 Å². The summed E-state index contributed by atoms with van der Waals surface area (Å²) in [5, 5.41) is 4.46. The maximum absolute atomic E-state index is 12.4. The first kappa shape index (κ1) is 20.0. The maximum atomic E-state index is 12.4. The topological polar surface area (TPSA) is 89.4 Å². The summed E-state index contributed by atoms with van der Waals surface area (Å²) in [5.41, 5.74) is 4.01. The van der Waals surface area contributed by atoms with Crippen LogP contribution in [0.1, 0.15) is 27.3 Å². The lowest BCUT2D eigenvalue weighted by atomic mass is 10.2. The van der Waals surface area contributed by atoms with Crippen LogP contribution in [0.15, 0.2) is 43.0 Å². The number of hydrogen-bond donors (Lipinski definition) is 2. The van der Waals surface area contributed by atoms with Crippen LogP contribution in [0.25, 0.3) is 5.69 Å². The molecule has 2 rings (SSSR count). The van der Waals surface area contributed by atoms with E-state index in [9.17, 15) is 14.4 Å². The van der Waals surface area contributed by atoms with Gasteiger partial charge < -0.3 is 14.6 Å². The molecule has 0 aliphatic rings. The Hall–Kier alpha value is -3.35. The van der Waals surface area contributed by atoms with E-state index in [1.54, 1.807) is 6.07 Å². The Labute approximate surface area is 158 Å². The Balaban J connectivity index is 2.05. The van der Waals surface area contributed by atoms with Gasteiger partial charge in [-0.25, -0.2) is 9.59 Å². The highest BCUT2D eigenvalue weighted by atomic mass is 16.5. The Morgan fingerprint density at radius 1 is 1.19 bits per heavy atom. The number of carbonyl (C=O) groups is 3. The quantitative estimate of drug-likeness (QED) is 0.605. The predicted octanol–water partition coefficient (Wildman–Crippen LogP) is 2.57. The molecular weight excluding hydrogens is 346 g/mol. The lowest BCUT2D eigenvalue weighted by molar-refractivity contribution is -0.123. The molecule has 142 valence electrons. The van der Waals surface area contributed by atoms with Gasteiger partial charge in [-0.15, -0.1) is 6.58 Å². The van der Waals surface area contributed by atoms with Crippen molar-refractivity contribution >= 4 is 17.9 Å². The lowest BCUT2D eigenvalue weighted by Crippen LogP contribution is -2.41. The van der Waals surface area contributed by atoms with Crippen molar-refractivity contribution in [3.63, 3.8) is 0 Å². The SMILES string of the molecule is C=CCNC(=O)NC(=O)COC(=O)c1cc(C)n(-c2cccc(C)c2)c1C. The van der Waals surface area contributed by atoms with Crippen molar-refractivity contribution in [2.45, 2.75) is 20.8 Å². The molecule has 0 radical (unpaired) electrons. The Kier molecular flexibility index (Phi) is 6.54. The van der Waals surface area contributed by atoms with Gasteiger partial charge in [-0.05, 0) is 44.5 Å². The molecule has 2 N–H and O–H groups in total. The van der Waals surface area contributed by atoms with E-state index in [4.69, 9.17) is 4.74 Å². The van der Waals surface area contributed by atoms with E-state index >= 15 is 0 Å². The van der Waals surface area contributed by atoms with Gasteiger partial charge in [0.05, 0.1) is 5.56 Å². The minimum Gasteiger partial charge on any atom is -0.452 e. The molecule has 7 heteroatoms. The Morgan fingerprint density at radius 3 is 2.59 bits per heavy atom. The zero-order valence-corrected chi connectivity index (χ0v) is 15.7. The molecule has 0 atom stereocenters. The van der Waals surface area contributed by atoms with Crippen LogP contribution in [0.2, 0.25) is 0 Å². The van der Waals surface area contributed by atoms with Gasteiger partial charge in [0.25, 0.3) is 5.91 Å². The molecule has 0 saturated carbocycles. The number of nitrogens with one attached hydrogen (secondary N) is 2. The second-order valence-electron chi connectivity index (χ2n) is 6.08. The minimum absolute atomic E-state index is 0.226. The van der Waals surface area contributed by atoms with Crippen molar-refractivity contribution in [2.75, 3.05) is 13.2 Å². The third-order valence-corrected chi connectivity index (χ3v) is 3.91. The van der Waals surface area contributed by atoms with E-state index < -0.39 is 24.5 Å². The minimum atomic E-state index is -0.711. The number of urea groups is 1. The fourth-order valence-corrected chi connectivity index (χ4v) is 2.71. The van der Waals surface area contributed by atoms with Gasteiger partial charge >= 0.3 is 12.0 Å². The molecule has 0 aliphatic heterocycles. The number of ether oxygens (including phenoxy) is 1. The van der Waals surface area contributed by atoms with E-state index in [1.807, 2.05) is 49.6 Å². The first-order chi connectivity index (χ1) is 12.8. The fraction of sp³-hybridized carbons (Fsp3) is 0.250. The van der Waals surface area contributed by atoms with Gasteiger partial charge in [-0.2, -0.15) is 0 Å². The summed E-state index contributed by atoms with van der Waals surface area (Å²) in [7, 11) is 0. The van der Waals surface area contributed by atoms with Crippen LogP contribution < -0.4 is 10.6 Å². The molecule has 0 unspecified atom stereocenters. The molecule has 1 heterocycles. The largest absolute Gasteiger partial charge is 0.452 e. The molecule has 7 nitrogen and oxygen atoms in total. The zero-order chi connectivity index (χ0) is 20.0. The van der Waals surface area contributed by atoms with Crippen LogP contribution in [0, 0.1) is 20.8 Å². The number of benzene rings is 1. The first-order valence-electron chi connectivity index (χ1n) is 8.45. The van der Waals surface area contributed by atoms with Crippen molar-refractivity contribution in [2.24, 2.45) is 0 Å². The second-order valence-corrected chi connectivity index (χ2v) is 6.08. The number of aryl methyl sites for hydroxylation is 2. The Bertz CT molecular complexity index is 883. The number of nitrogens with zero attached hydrogens (tertiary/aromatic N) is 1. The van der Waals surface area contributed by atoms with Gasteiger partial charge in [0, 0.05) is 23.6 Å². The maximum Gasteiger partial charge on any atom is 0.340 e. The molecule has 3 amide bonds. The Morgan fingerprint density at radius 2 is 1.93 bits per heavy atom. The van der Waals surface area contributed by atoms with E-state index in [0.29, 0.717) is 11.3 Å². The van der Waals surface area contributed by atoms with E-state index in [1.165, 1.54) is 6.08 Å². The number of aromatic nitrogens is 1. The molecule has 1 aromatic carbocycles. The van der Waals surface area contributed by atoms with Crippen molar-refractivity contribution in [1.82, 2.24) is 15.2 Å². The number of carbonyl (C=O) groups excluding carboxylic acids is 3. The highest BCUT2D eigenvalue weighted by molar-refractivity contribution is 5.97. The fourth-order valence-electron chi connectivity index (χ4n) is 2.71. The summed E-state index contributed by atoms with van der Waals surface area (Å²) >= 11 is 0. The zero-order valence-electron chi connectivity index (χ0n) is 15.7. The molecule has 1 aromatic heterocycles. The summed E-state index contributed by atoms with van der Waals surface area (Å²) < 4.78 is 6.99. The molecule has 0 spiro atoms. The summed E-state index contributed by atoms with van der Waals surface area (Å²) in [6, 6.07) is 8.96. The lowest BCUT2D eigenvalue weighted by Gasteiger charge is -2.11. The molecule has 0 saturated heterocycles. The molecule has 27 heavy (non-hydrogen) atoms. The smallest absolute Gasteiger partial charge is 0.340 e. The van der Waals surface area contributed by atoms with Crippen LogP contribution in [-0.2, 0) is 9.53 Å². The van der Waals surface area contributed by atoms with Crippen molar-refractivity contribution in [3.8, 4) is 5.69 Å². The molecule has 2 aromatic rings. The number of hydrogen-bond acceptors (Lipinski definition) is 4. The van der Waals surface area contributed by atoms with Crippen LogP contribution in [0.5, 0.6) is 0 Å². The monoisotopic (exact) mass is 369 g/mol. The molecule has 0 fully saturated rings. The van der Waals surface area contributed by atoms with Gasteiger partial charge in [-0.3, -0.25) is 10.1 Å². The van der Waals surface area contributed by atoms with E-state index in [-0.39, 0.29) is 6.54 Å². The average Bonchev–Trinajstić information content (AvgIpc) is 2.92. The molecular formula is C20H23N3O4. The van der Waals surface area contributed by atoms with E-state index in [2.05, 4.69) is 17.2 Å². The highest BCUT2D eigenvalue weighted by Crippen LogP contribution is 2.22. The van der Waals surface area contributed by atoms with Gasteiger partial charge in [0.1, 0.15) is 0 Å². The average molecular weight is 369 g/mol. The highest BCUT2D eigenvalue weighted by Gasteiger charge is 2.19. The number of imide groups is 1. The number of rotatable bonds is 6. The number of amides is 3. The van der Waals surface area contributed by atoms with E-state index in [0.717, 1.165) is 16.9 Å². The second kappa shape index (κ2) is 8.84. The van der Waals surface area contributed by atoms with Crippen molar-refractivity contribution in [1.29, 1.82) is 0 Å². The normalized spacial score (nSPS) is 10.2. The van der Waals surface area contributed by atoms with Crippen LogP contribution in [0.4, 0.5) is 4.79 Å². The third kappa shape index (κ3) is 5.07. The molecule has 0 bridgehead atoms. The van der Waals surface area contributed by atoms with Crippen molar-refractivity contribution in [3.05, 3.63) is 65.5 Å². The van der Waals surface area contributed by atoms with Crippen molar-refractivity contribution < 1.29 is 19.1 Å². The summed E-state index contributed by atoms with van der Waals surface area (Å²) in [6.07, 6.45) is 1.48. The third-order valence-electron chi connectivity index (χ3n) is 3.91. The van der Waals surface area contributed by atoms with Crippen LogP contribution in [0.3, 0.4) is 0 Å². The van der Waals surface area contributed by atoms with Crippen LogP contribution in [-0.4, -0.2) is 35.6 Å². The number of esters is 1. The summed E-state index contributed by atoms with van der Waals surface area (Å²) in [5.74, 6) is -1.33. The van der Waals surface area contributed by atoms with Gasteiger partial charge in [0.2, 0.25) is 0 Å². The predicted molar refractivity (Wildman–Crippen MR) is 102 cm³/mol. The summed E-state index contributed by atoms with van der Waals surface area (Å²) in [4.78, 5) is 35.4. The van der Waals surface area contributed by atoms with Gasteiger partial charge in [-0.1, -0.05) is 18.2 Å². The summed E-state index contributed by atoms with van der Waals surface area (Å²) in [6.45, 7) is 8.83. The standard InChI is InChI=1S/C20H23N3O4/c1-5-9-21-20(26)22-18(24)12-27-19(25)17-11-14(3)23(15(17)4)16-8-6-7-13(2)10-16/h5-8,10-11H,1,9,12H2,2-4H3,(H2,21,22,24,26). The molecule has 0 aliphatic carbocycles. The van der Waals surface area contributed by atoms with Crippen LogP contribution >= 0.6 is 0 Å². The first-order valence-corrected chi connectivity index (χ1v) is 8.45.